The fraction of sp³-hybridized carbons (Fsp3) is 0.318. The zero-order chi connectivity index (χ0) is 21.8. The van der Waals surface area contributed by atoms with E-state index < -0.39 is 11.5 Å². The van der Waals surface area contributed by atoms with E-state index in [1.807, 2.05) is 20.8 Å². The van der Waals surface area contributed by atoms with Gasteiger partial charge in [0.2, 0.25) is 5.88 Å². The molecule has 1 atom stereocenters. The Morgan fingerprint density at radius 2 is 1.93 bits per heavy atom. The molecular formula is C22H22ClN3O4. The lowest BCUT2D eigenvalue weighted by Crippen LogP contribution is -2.43. The molecule has 7 nitrogen and oxygen atoms in total. The number of aromatic amines is 1. The molecule has 1 aromatic heterocycles. The van der Waals surface area contributed by atoms with Crippen LogP contribution in [0.15, 0.2) is 28.4 Å². The number of fused-ring (bicyclic) bond motifs is 2. The van der Waals surface area contributed by atoms with Crippen molar-refractivity contribution in [2.75, 3.05) is 0 Å². The SMILES string of the molecule is Cc1c(C)c2c(c(C)c1O)CCC(C)(C(=O)N=Nc1c(O)[nH]c3ccc(Cl)cc13)O2. The molecule has 0 fully saturated rings. The summed E-state index contributed by atoms with van der Waals surface area (Å²) in [7, 11) is 0. The maximum absolute atomic E-state index is 12.9. The average molecular weight is 428 g/mol. The number of hydrogen-bond acceptors (Lipinski definition) is 5. The minimum absolute atomic E-state index is 0.147. The van der Waals surface area contributed by atoms with Crippen LogP contribution in [-0.2, 0) is 11.2 Å². The van der Waals surface area contributed by atoms with Gasteiger partial charge in [0.15, 0.2) is 11.3 Å². The number of ether oxygens (including phenoxy) is 1. The zero-order valence-electron chi connectivity index (χ0n) is 17.1. The highest BCUT2D eigenvalue weighted by Crippen LogP contribution is 2.44. The molecule has 1 unspecified atom stereocenters. The number of carbonyl (C=O) groups is 1. The van der Waals surface area contributed by atoms with Crippen molar-refractivity contribution in [2.45, 2.75) is 46.1 Å². The van der Waals surface area contributed by atoms with Gasteiger partial charge in [-0.3, -0.25) is 4.79 Å². The molecule has 30 heavy (non-hydrogen) atoms. The quantitative estimate of drug-likeness (QED) is 0.466. The second kappa shape index (κ2) is 7.02. The predicted molar refractivity (Wildman–Crippen MR) is 114 cm³/mol. The van der Waals surface area contributed by atoms with Gasteiger partial charge in [0.25, 0.3) is 0 Å². The summed E-state index contributed by atoms with van der Waals surface area (Å²) in [4.78, 5) is 15.7. The first-order valence-corrected chi connectivity index (χ1v) is 9.97. The number of amides is 1. The van der Waals surface area contributed by atoms with Gasteiger partial charge in [0.05, 0.1) is 5.52 Å². The molecule has 1 aliphatic rings. The topological polar surface area (TPSA) is 107 Å². The Kier molecular flexibility index (Phi) is 4.73. The van der Waals surface area contributed by atoms with Gasteiger partial charge in [-0.05, 0) is 69.0 Å². The molecule has 0 aliphatic carbocycles. The first kappa shape index (κ1) is 20.2. The maximum atomic E-state index is 12.9. The minimum Gasteiger partial charge on any atom is -0.507 e. The lowest BCUT2D eigenvalue weighted by atomic mass is 9.87. The number of nitrogens with one attached hydrogen (secondary N) is 1. The molecule has 8 heteroatoms. The van der Waals surface area contributed by atoms with Crippen LogP contribution in [0.4, 0.5) is 5.69 Å². The van der Waals surface area contributed by atoms with Gasteiger partial charge in [-0.25, -0.2) is 0 Å². The summed E-state index contributed by atoms with van der Waals surface area (Å²) >= 11 is 6.03. The van der Waals surface area contributed by atoms with Crippen molar-refractivity contribution >= 4 is 34.1 Å². The van der Waals surface area contributed by atoms with Crippen LogP contribution in [0, 0.1) is 20.8 Å². The Hall–Kier alpha value is -3.06. The second-order valence-corrected chi connectivity index (χ2v) is 8.32. The number of phenols is 1. The monoisotopic (exact) mass is 427 g/mol. The molecule has 2 heterocycles. The van der Waals surface area contributed by atoms with E-state index >= 15 is 0 Å². The molecule has 156 valence electrons. The zero-order valence-corrected chi connectivity index (χ0v) is 17.9. The summed E-state index contributed by atoms with van der Waals surface area (Å²) in [5, 5.41) is 29.4. The molecular weight excluding hydrogens is 406 g/mol. The van der Waals surface area contributed by atoms with E-state index in [4.69, 9.17) is 16.3 Å². The van der Waals surface area contributed by atoms with E-state index in [1.54, 1.807) is 25.1 Å². The Morgan fingerprint density at radius 1 is 1.20 bits per heavy atom. The van der Waals surface area contributed by atoms with Crippen molar-refractivity contribution in [3.05, 3.63) is 45.5 Å². The van der Waals surface area contributed by atoms with E-state index in [0.29, 0.717) is 34.5 Å². The van der Waals surface area contributed by atoms with Crippen molar-refractivity contribution < 1.29 is 19.7 Å². The largest absolute Gasteiger partial charge is 0.507 e. The van der Waals surface area contributed by atoms with E-state index in [1.165, 1.54) is 0 Å². The van der Waals surface area contributed by atoms with Crippen LogP contribution in [0.3, 0.4) is 0 Å². The Labute approximate surface area is 178 Å². The number of H-pyrrole nitrogens is 1. The highest BCUT2D eigenvalue weighted by molar-refractivity contribution is 6.31. The van der Waals surface area contributed by atoms with Gasteiger partial charge in [-0.2, -0.15) is 0 Å². The molecule has 0 bridgehead atoms. The first-order chi connectivity index (χ1) is 14.1. The third-order valence-corrected chi connectivity index (χ3v) is 6.16. The Bertz CT molecular complexity index is 1230. The van der Waals surface area contributed by atoms with Crippen molar-refractivity contribution in [3.63, 3.8) is 0 Å². The molecule has 2 aromatic carbocycles. The molecule has 1 aliphatic heterocycles. The average Bonchev–Trinajstić information content (AvgIpc) is 3.03. The van der Waals surface area contributed by atoms with Crippen LogP contribution < -0.4 is 4.74 Å². The first-order valence-electron chi connectivity index (χ1n) is 9.59. The van der Waals surface area contributed by atoms with Crippen LogP contribution in [0.1, 0.15) is 35.6 Å². The van der Waals surface area contributed by atoms with Crippen LogP contribution in [0.2, 0.25) is 5.02 Å². The number of aromatic hydroxyl groups is 2. The number of hydrogen-bond donors (Lipinski definition) is 3. The molecule has 1 amide bonds. The number of halogens is 1. The summed E-state index contributed by atoms with van der Waals surface area (Å²) in [6.07, 6.45) is 0.966. The van der Waals surface area contributed by atoms with Crippen molar-refractivity contribution in [1.29, 1.82) is 0 Å². The maximum Gasteiger partial charge on any atom is 0.307 e. The Morgan fingerprint density at radius 3 is 2.67 bits per heavy atom. The fourth-order valence-corrected chi connectivity index (χ4v) is 4.01. The molecule has 0 saturated carbocycles. The summed E-state index contributed by atoms with van der Waals surface area (Å²) in [6.45, 7) is 7.21. The third-order valence-electron chi connectivity index (χ3n) is 5.93. The highest BCUT2D eigenvalue weighted by Gasteiger charge is 2.41. The number of aromatic nitrogens is 1. The number of nitrogens with zero attached hydrogens (tertiary/aromatic N) is 2. The summed E-state index contributed by atoms with van der Waals surface area (Å²) in [5.74, 6) is 0.132. The molecule has 0 saturated heterocycles. The smallest absolute Gasteiger partial charge is 0.307 e. The van der Waals surface area contributed by atoms with Gasteiger partial charge in [-0.1, -0.05) is 11.6 Å². The van der Waals surface area contributed by atoms with Gasteiger partial charge >= 0.3 is 5.91 Å². The number of azo groups is 1. The van der Waals surface area contributed by atoms with Gasteiger partial charge < -0.3 is 19.9 Å². The standard InChI is InChI=1S/C22H22ClN3O4/c1-10-11(2)19-14(12(3)18(10)27)7-8-22(4,30-19)21(29)26-25-17-15-9-13(23)5-6-16(15)24-20(17)28/h5-6,9,24,27-28H,7-8H2,1-4H3. The fourth-order valence-electron chi connectivity index (χ4n) is 3.84. The number of benzene rings is 2. The lowest BCUT2D eigenvalue weighted by Gasteiger charge is -2.35. The number of rotatable bonds is 2. The van der Waals surface area contributed by atoms with Crippen molar-refractivity contribution in [3.8, 4) is 17.4 Å². The minimum atomic E-state index is -1.20. The third kappa shape index (κ3) is 3.10. The van der Waals surface area contributed by atoms with E-state index in [-0.39, 0.29) is 17.3 Å². The molecule has 4 rings (SSSR count). The van der Waals surface area contributed by atoms with Crippen LogP contribution in [-0.4, -0.2) is 26.7 Å². The second-order valence-electron chi connectivity index (χ2n) is 7.88. The number of carbonyl (C=O) groups excluding carboxylic acids is 1. The molecule has 3 aromatic rings. The highest BCUT2D eigenvalue weighted by atomic mass is 35.5. The van der Waals surface area contributed by atoms with E-state index in [2.05, 4.69) is 15.2 Å². The number of phenolic OH excluding ortho intramolecular Hbond substituents is 1. The van der Waals surface area contributed by atoms with E-state index in [0.717, 1.165) is 22.3 Å². The van der Waals surface area contributed by atoms with Crippen LogP contribution in [0.25, 0.3) is 10.9 Å². The van der Waals surface area contributed by atoms with E-state index in [9.17, 15) is 15.0 Å². The lowest BCUT2D eigenvalue weighted by molar-refractivity contribution is -0.133. The molecule has 0 radical (unpaired) electrons. The van der Waals surface area contributed by atoms with Gasteiger partial charge in [0, 0.05) is 22.4 Å². The predicted octanol–water partition coefficient (Wildman–Crippen LogP) is 5.55. The van der Waals surface area contributed by atoms with Crippen molar-refractivity contribution in [2.24, 2.45) is 10.2 Å². The van der Waals surface area contributed by atoms with Crippen molar-refractivity contribution in [1.82, 2.24) is 4.98 Å². The summed E-state index contributed by atoms with van der Waals surface area (Å²) < 4.78 is 6.13. The summed E-state index contributed by atoms with van der Waals surface area (Å²) in [6, 6.07) is 5.04. The van der Waals surface area contributed by atoms with Crippen LogP contribution >= 0.6 is 11.6 Å². The molecule has 3 N–H and O–H groups in total. The summed E-state index contributed by atoms with van der Waals surface area (Å²) in [5.41, 5.74) is 2.78. The van der Waals surface area contributed by atoms with Crippen LogP contribution in [0.5, 0.6) is 17.4 Å². The van der Waals surface area contributed by atoms with Gasteiger partial charge in [-0.15, -0.1) is 10.2 Å². The Balaban J connectivity index is 1.67. The molecule has 0 spiro atoms. The normalized spacial score (nSPS) is 18.6. The van der Waals surface area contributed by atoms with Gasteiger partial charge in [0.1, 0.15) is 11.5 Å².